The standard InChI is InChI=1S/C19H27F2N3O3S/c1-14-4-2-3-5-18(14)22-19(25)13-23-8-10-24(11-9-23)28(26,27)15-6-7-16(20)17(21)12-15/h6-7,12,14,18H,2-5,8-11,13H2,1H3,(H,22,25)/t14-,18+/m0/s1. The molecule has 0 radical (unpaired) electrons. The smallest absolute Gasteiger partial charge is 0.243 e. The summed E-state index contributed by atoms with van der Waals surface area (Å²) in [4.78, 5) is 14.0. The molecular weight excluding hydrogens is 388 g/mol. The fraction of sp³-hybridized carbons (Fsp3) is 0.632. The second-order valence-electron chi connectivity index (χ2n) is 7.69. The van der Waals surface area contributed by atoms with Crippen molar-refractivity contribution in [2.45, 2.75) is 43.5 Å². The molecule has 2 fully saturated rings. The fourth-order valence-electron chi connectivity index (χ4n) is 3.90. The number of piperazine rings is 1. The molecule has 1 amide bonds. The van der Waals surface area contributed by atoms with Crippen molar-refractivity contribution in [2.24, 2.45) is 5.92 Å². The van der Waals surface area contributed by atoms with Gasteiger partial charge in [-0.3, -0.25) is 9.69 Å². The molecule has 2 aliphatic rings. The average Bonchev–Trinajstić information content (AvgIpc) is 2.66. The molecule has 28 heavy (non-hydrogen) atoms. The van der Waals surface area contributed by atoms with Crippen LogP contribution in [0.4, 0.5) is 8.78 Å². The first kappa shape index (κ1) is 21.1. The lowest BCUT2D eigenvalue weighted by atomic mass is 9.86. The Morgan fingerprint density at radius 2 is 1.79 bits per heavy atom. The minimum Gasteiger partial charge on any atom is -0.352 e. The zero-order valence-electron chi connectivity index (χ0n) is 16.0. The second kappa shape index (κ2) is 8.84. The van der Waals surface area contributed by atoms with Gasteiger partial charge >= 0.3 is 0 Å². The van der Waals surface area contributed by atoms with Crippen LogP contribution in [0.2, 0.25) is 0 Å². The highest BCUT2D eigenvalue weighted by molar-refractivity contribution is 7.89. The van der Waals surface area contributed by atoms with E-state index in [1.807, 2.05) is 4.90 Å². The molecule has 6 nitrogen and oxygen atoms in total. The van der Waals surface area contributed by atoms with Crippen LogP contribution in [0.15, 0.2) is 23.1 Å². The quantitative estimate of drug-likeness (QED) is 0.798. The number of nitrogens with zero attached hydrogens (tertiary/aromatic N) is 2. The van der Waals surface area contributed by atoms with Gasteiger partial charge in [0.1, 0.15) is 0 Å². The summed E-state index contributed by atoms with van der Waals surface area (Å²) in [5.41, 5.74) is 0. The lowest BCUT2D eigenvalue weighted by molar-refractivity contribution is -0.123. The van der Waals surface area contributed by atoms with Gasteiger partial charge in [-0.25, -0.2) is 17.2 Å². The first-order valence-corrected chi connectivity index (χ1v) is 11.2. The summed E-state index contributed by atoms with van der Waals surface area (Å²) in [5, 5.41) is 3.11. The maximum Gasteiger partial charge on any atom is 0.243 e. The summed E-state index contributed by atoms with van der Waals surface area (Å²) >= 11 is 0. The molecule has 1 aliphatic heterocycles. The minimum absolute atomic E-state index is 0.0318. The second-order valence-corrected chi connectivity index (χ2v) is 9.63. The maximum absolute atomic E-state index is 13.4. The van der Waals surface area contributed by atoms with Crippen molar-refractivity contribution in [1.29, 1.82) is 0 Å². The van der Waals surface area contributed by atoms with E-state index in [1.165, 1.54) is 10.7 Å². The van der Waals surface area contributed by atoms with E-state index in [-0.39, 0.29) is 36.5 Å². The molecule has 0 unspecified atom stereocenters. The van der Waals surface area contributed by atoms with Crippen LogP contribution in [0.3, 0.4) is 0 Å². The molecule has 0 bridgehead atoms. The highest BCUT2D eigenvalue weighted by atomic mass is 32.2. The predicted octanol–water partition coefficient (Wildman–Crippen LogP) is 1.97. The van der Waals surface area contributed by atoms with Gasteiger partial charge < -0.3 is 5.32 Å². The molecule has 0 aromatic heterocycles. The zero-order valence-corrected chi connectivity index (χ0v) is 16.9. The lowest BCUT2D eigenvalue weighted by Crippen LogP contribution is -2.52. The van der Waals surface area contributed by atoms with Crippen LogP contribution in [-0.4, -0.2) is 62.3 Å². The van der Waals surface area contributed by atoms with Gasteiger partial charge in [-0.1, -0.05) is 19.8 Å². The Morgan fingerprint density at radius 1 is 1.11 bits per heavy atom. The Kier molecular flexibility index (Phi) is 6.67. The summed E-state index contributed by atoms with van der Waals surface area (Å²) in [5.74, 6) is -1.82. The largest absolute Gasteiger partial charge is 0.352 e. The van der Waals surface area contributed by atoms with Crippen molar-refractivity contribution in [3.8, 4) is 0 Å². The number of halogens is 2. The molecule has 1 N–H and O–H groups in total. The van der Waals surface area contributed by atoms with Crippen molar-refractivity contribution < 1.29 is 22.0 Å². The van der Waals surface area contributed by atoms with Crippen LogP contribution in [0.5, 0.6) is 0 Å². The van der Waals surface area contributed by atoms with E-state index < -0.39 is 21.7 Å². The van der Waals surface area contributed by atoms with Crippen molar-refractivity contribution in [3.05, 3.63) is 29.8 Å². The van der Waals surface area contributed by atoms with Crippen LogP contribution < -0.4 is 5.32 Å². The molecule has 1 aromatic rings. The van der Waals surface area contributed by atoms with Gasteiger partial charge in [-0.2, -0.15) is 4.31 Å². The van der Waals surface area contributed by atoms with E-state index in [9.17, 15) is 22.0 Å². The van der Waals surface area contributed by atoms with Gasteiger partial charge in [0, 0.05) is 32.2 Å². The number of carbonyl (C=O) groups excluding carboxylic acids is 1. The molecule has 9 heteroatoms. The maximum atomic E-state index is 13.4. The van der Waals surface area contributed by atoms with E-state index in [1.54, 1.807) is 0 Å². The van der Waals surface area contributed by atoms with E-state index in [2.05, 4.69) is 12.2 Å². The molecule has 156 valence electrons. The molecule has 1 heterocycles. The fourth-order valence-corrected chi connectivity index (χ4v) is 5.34. The highest BCUT2D eigenvalue weighted by Crippen LogP contribution is 2.24. The number of carbonyl (C=O) groups is 1. The first-order valence-electron chi connectivity index (χ1n) is 9.74. The molecule has 2 atom stereocenters. The number of sulfonamides is 1. The molecule has 1 saturated heterocycles. The Balaban J connectivity index is 1.52. The number of hydrogen-bond donors (Lipinski definition) is 1. The van der Waals surface area contributed by atoms with Crippen LogP contribution in [0, 0.1) is 17.6 Å². The van der Waals surface area contributed by atoms with Crippen LogP contribution >= 0.6 is 0 Å². The Bertz CT molecular complexity index is 811. The third-order valence-corrected chi connectivity index (χ3v) is 7.58. The third-order valence-electron chi connectivity index (χ3n) is 5.69. The van der Waals surface area contributed by atoms with Gasteiger partial charge in [0.15, 0.2) is 11.6 Å². The Labute approximate surface area is 164 Å². The van der Waals surface area contributed by atoms with E-state index in [4.69, 9.17) is 0 Å². The summed E-state index contributed by atoms with van der Waals surface area (Å²) in [7, 11) is -3.88. The molecule has 1 aliphatic carbocycles. The van der Waals surface area contributed by atoms with Gasteiger partial charge in [0.2, 0.25) is 15.9 Å². The summed E-state index contributed by atoms with van der Waals surface area (Å²) in [6, 6.07) is 2.81. The number of benzene rings is 1. The summed E-state index contributed by atoms with van der Waals surface area (Å²) in [6.07, 6.45) is 4.48. The topological polar surface area (TPSA) is 69.7 Å². The molecule has 1 aromatic carbocycles. The van der Waals surface area contributed by atoms with Crippen molar-refractivity contribution >= 4 is 15.9 Å². The Hall–Kier alpha value is -1.58. The number of nitrogens with one attached hydrogen (secondary N) is 1. The van der Waals surface area contributed by atoms with E-state index >= 15 is 0 Å². The van der Waals surface area contributed by atoms with Crippen LogP contribution in [0.1, 0.15) is 32.6 Å². The van der Waals surface area contributed by atoms with Crippen LogP contribution in [-0.2, 0) is 14.8 Å². The average molecular weight is 416 g/mol. The third kappa shape index (κ3) is 4.87. The molecule has 1 saturated carbocycles. The lowest BCUT2D eigenvalue weighted by Gasteiger charge is -2.34. The normalized spacial score (nSPS) is 24.8. The SMILES string of the molecule is C[C@H]1CCCC[C@H]1NC(=O)CN1CCN(S(=O)(=O)c2ccc(F)c(F)c2)CC1. The van der Waals surface area contributed by atoms with Gasteiger partial charge in [-0.15, -0.1) is 0 Å². The molecule has 3 rings (SSSR count). The highest BCUT2D eigenvalue weighted by Gasteiger charge is 2.30. The number of rotatable bonds is 5. The van der Waals surface area contributed by atoms with Gasteiger partial charge in [-0.05, 0) is 37.0 Å². The van der Waals surface area contributed by atoms with E-state index in [0.717, 1.165) is 31.4 Å². The summed E-state index contributed by atoms with van der Waals surface area (Å²) < 4.78 is 52.9. The van der Waals surface area contributed by atoms with E-state index in [0.29, 0.717) is 25.1 Å². The van der Waals surface area contributed by atoms with Gasteiger partial charge in [0.05, 0.1) is 11.4 Å². The number of amides is 1. The van der Waals surface area contributed by atoms with Crippen LogP contribution in [0.25, 0.3) is 0 Å². The number of hydrogen-bond acceptors (Lipinski definition) is 4. The molecule has 0 spiro atoms. The Morgan fingerprint density at radius 3 is 2.43 bits per heavy atom. The summed E-state index contributed by atoms with van der Waals surface area (Å²) in [6.45, 7) is 3.63. The van der Waals surface area contributed by atoms with Gasteiger partial charge in [0.25, 0.3) is 0 Å². The zero-order chi connectivity index (χ0) is 20.3. The van der Waals surface area contributed by atoms with Crippen molar-refractivity contribution in [1.82, 2.24) is 14.5 Å². The monoisotopic (exact) mass is 415 g/mol. The minimum atomic E-state index is -3.88. The first-order chi connectivity index (χ1) is 13.3. The van der Waals surface area contributed by atoms with Crippen molar-refractivity contribution in [3.63, 3.8) is 0 Å². The van der Waals surface area contributed by atoms with Crippen molar-refractivity contribution in [2.75, 3.05) is 32.7 Å². The molecular formula is C19H27F2N3O3S. The predicted molar refractivity (Wildman–Crippen MR) is 101 cm³/mol.